The number of aliphatic carboxylic acids is 1. The summed E-state index contributed by atoms with van der Waals surface area (Å²) in [5, 5.41) is 12.4. The highest BCUT2D eigenvalue weighted by molar-refractivity contribution is 5.66. The van der Waals surface area contributed by atoms with Gasteiger partial charge in [0.25, 0.3) is 0 Å². The fourth-order valence-electron chi connectivity index (χ4n) is 2.58. The third-order valence-corrected chi connectivity index (χ3v) is 3.81. The Hall–Kier alpha value is -2.33. The Morgan fingerprint density at radius 2 is 1.83 bits per heavy atom. The number of benzene rings is 2. The van der Waals surface area contributed by atoms with Crippen molar-refractivity contribution >= 4 is 5.97 Å². The minimum Gasteiger partial charge on any atom is -0.496 e. The Labute approximate surface area is 137 Å². The van der Waals surface area contributed by atoms with E-state index in [9.17, 15) is 4.79 Å². The van der Waals surface area contributed by atoms with Crippen molar-refractivity contribution in [3.05, 3.63) is 65.7 Å². The first-order valence-electron chi connectivity index (χ1n) is 7.80. The number of carbonyl (C=O) groups is 1. The van der Waals surface area contributed by atoms with E-state index >= 15 is 0 Å². The monoisotopic (exact) mass is 313 g/mol. The lowest BCUT2D eigenvalue weighted by Gasteiger charge is -2.19. The Morgan fingerprint density at radius 3 is 2.52 bits per heavy atom. The van der Waals surface area contributed by atoms with E-state index in [0.717, 1.165) is 17.7 Å². The minimum absolute atomic E-state index is 0.110. The number of nitrogens with one attached hydrogen (secondary N) is 1. The summed E-state index contributed by atoms with van der Waals surface area (Å²) in [6.45, 7) is 0.654. The molecule has 0 aliphatic heterocycles. The first-order valence-corrected chi connectivity index (χ1v) is 7.80. The number of hydrogen-bond donors (Lipinski definition) is 2. The Kier molecular flexibility index (Phi) is 6.63. The zero-order valence-electron chi connectivity index (χ0n) is 13.4. The zero-order valence-corrected chi connectivity index (χ0v) is 13.4. The molecule has 0 aromatic heterocycles. The van der Waals surface area contributed by atoms with Crippen LogP contribution in [0.3, 0.4) is 0 Å². The smallest absolute Gasteiger partial charge is 0.303 e. The second kappa shape index (κ2) is 8.96. The van der Waals surface area contributed by atoms with Gasteiger partial charge in [0.1, 0.15) is 5.75 Å². The molecule has 2 aromatic rings. The van der Waals surface area contributed by atoms with Crippen LogP contribution in [-0.4, -0.2) is 24.2 Å². The van der Waals surface area contributed by atoms with Crippen LogP contribution < -0.4 is 10.1 Å². The molecule has 0 spiro atoms. The second-order valence-corrected chi connectivity index (χ2v) is 5.51. The molecule has 122 valence electrons. The predicted octanol–water partition coefficient (Wildman–Crippen LogP) is 3.26. The maximum atomic E-state index is 10.9. The molecule has 2 aromatic carbocycles. The summed E-state index contributed by atoms with van der Waals surface area (Å²) in [7, 11) is 1.66. The zero-order chi connectivity index (χ0) is 16.5. The molecule has 0 bridgehead atoms. The van der Waals surface area contributed by atoms with Gasteiger partial charge in [-0.2, -0.15) is 0 Å². The number of para-hydroxylation sites is 1. The van der Waals surface area contributed by atoms with E-state index in [1.807, 2.05) is 42.5 Å². The molecular formula is C19H23NO3. The van der Waals surface area contributed by atoms with E-state index in [4.69, 9.17) is 9.84 Å². The van der Waals surface area contributed by atoms with Crippen LogP contribution in [-0.2, 0) is 17.8 Å². The number of methoxy groups -OCH3 is 1. The Balaban J connectivity index is 2.00. The van der Waals surface area contributed by atoms with Crippen molar-refractivity contribution in [1.29, 1.82) is 0 Å². The Bertz CT molecular complexity index is 613. The fourth-order valence-corrected chi connectivity index (χ4v) is 2.58. The Morgan fingerprint density at radius 1 is 1.13 bits per heavy atom. The van der Waals surface area contributed by atoms with Crippen molar-refractivity contribution in [3.8, 4) is 5.75 Å². The van der Waals surface area contributed by atoms with Gasteiger partial charge in [-0.1, -0.05) is 48.5 Å². The molecule has 0 radical (unpaired) electrons. The number of carboxylic acids is 1. The molecule has 0 aliphatic carbocycles. The first kappa shape index (κ1) is 17.0. The second-order valence-electron chi connectivity index (χ2n) is 5.51. The van der Waals surface area contributed by atoms with Gasteiger partial charge in [-0.25, -0.2) is 0 Å². The highest BCUT2D eigenvalue weighted by Gasteiger charge is 2.12. The predicted molar refractivity (Wildman–Crippen MR) is 90.6 cm³/mol. The molecule has 0 saturated heterocycles. The van der Waals surface area contributed by atoms with Gasteiger partial charge in [0.2, 0.25) is 0 Å². The maximum absolute atomic E-state index is 10.9. The van der Waals surface area contributed by atoms with E-state index < -0.39 is 5.97 Å². The van der Waals surface area contributed by atoms with Crippen LogP contribution in [0.25, 0.3) is 0 Å². The van der Waals surface area contributed by atoms with E-state index in [1.165, 1.54) is 5.56 Å². The van der Waals surface area contributed by atoms with Gasteiger partial charge < -0.3 is 15.2 Å². The molecule has 2 rings (SSSR count). The summed E-state index contributed by atoms with van der Waals surface area (Å²) in [6, 6.07) is 18.1. The van der Waals surface area contributed by atoms with Gasteiger partial charge >= 0.3 is 5.97 Å². The average Bonchev–Trinajstić information content (AvgIpc) is 2.58. The lowest BCUT2D eigenvalue weighted by molar-refractivity contribution is -0.137. The van der Waals surface area contributed by atoms with Crippen LogP contribution in [0.4, 0.5) is 0 Å². The summed E-state index contributed by atoms with van der Waals surface area (Å²) in [5.74, 6) is 0.0823. The van der Waals surface area contributed by atoms with Crippen molar-refractivity contribution in [1.82, 2.24) is 5.32 Å². The molecular weight excluding hydrogens is 290 g/mol. The number of carboxylic acid groups (broad SMARTS) is 1. The lowest BCUT2D eigenvalue weighted by atomic mass is 10.0. The summed E-state index contributed by atoms with van der Waals surface area (Å²) in [4.78, 5) is 10.9. The van der Waals surface area contributed by atoms with Gasteiger partial charge in [0.05, 0.1) is 7.11 Å². The van der Waals surface area contributed by atoms with Crippen LogP contribution in [0.15, 0.2) is 54.6 Å². The highest BCUT2D eigenvalue weighted by atomic mass is 16.5. The molecule has 4 nitrogen and oxygen atoms in total. The van der Waals surface area contributed by atoms with Crippen molar-refractivity contribution in [2.24, 2.45) is 0 Å². The summed E-state index contributed by atoms with van der Waals surface area (Å²) < 4.78 is 5.36. The third kappa shape index (κ3) is 5.75. The van der Waals surface area contributed by atoms with Crippen LogP contribution in [0.1, 0.15) is 24.0 Å². The van der Waals surface area contributed by atoms with Crippen LogP contribution in [0.5, 0.6) is 5.75 Å². The molecule has 4 heteroatoms. The molecule has 2 N–H and O–H groups in total. The van der Waals surface area contributed by atoms with Crippen molar-refractivity contribution in [2.45, 2.75) is 31.8 Å². The molecule has 23 heavy (non-hydrogen) atoms. The number of ether oxygens (including phenoxy) is 1. The normalized spacial score (nSPS) is 11.9. The van der Waals surface area contributed by atoms with E-state index in [-0.39, 0.29) is 12.5 Å². The summed E-state index contributed by atoms with van der Waals surface area (Å²) >= 11 is 0. The standard InChI is InChI=1S/C19H23NO3/c1-23-18-10-6-5-9-16(18)14-20-17(11-12-19(21)22)13-15-7-3-2-4-8-15/h2-10,17,20H,11-14H2,1H3,(H,21,22). The largest absolute Gasteiger partial charge is 0.496 e. The summed E-state index contributed by atoms with van der Waals surface area (Å²) in [6.07, 6.45) is 1.57. The van der Waals surface area contributed by atoms with Gasteiger partial charge in [-0.3, -0.25) is 4.79 Å². The molecule has 1 atom stereocenters. The third-order valence-electron chi connectivity index (χ3n) is 3.81. The van der Waals surface area contributed by atoms with Gasteiger partial charge in [0.15, 0.2) is 0 Å². The quantitative estimate of drug-likeness (QED) is 0.746. The average molecular weight is 313 g/mol. The van der Waals surface area contributed by atoms with Crippen molar-refractivity contribution in [3.63, 3.8) is 0 Å². The molecule has 1 unspecified atom stereocenters. The summed E-state index contributed by atoms with van der Waals surface area (Å²) in [5.41, 5.74) is 2.28. The number of rotatable bonds is 9. The molecule has 0 amide bonds. The van der Waals surface area contributed by atoms with Crippen LogP contribution >= 0.6 is 0 Å². The van der Waals surface area contributed by atoms with Gasteiger partial charge in [0, 0.05) is 24.6 Å². The molecule has 0 aliphatic rings. The van der Waals surface area contributed by atoms with E-state index in [2.05, 4.69) is 17.4 Å². The highest BCUT2D eigenvalue weighted by Crippen LogP contribution is 2.17. The van der Waals surface area contributed by atoms with Gasteiger partial charge in [-0.05, 0) is 24.5 Å². The first-order chi connectivity index (χ1) is 11.2. The molecule has 0 fully saturated rings. The van der Waals surface area contributed by atoms with Crippen LogP contribution in [0, 0.1) is 0 Å². The van der Waals surface area contributed by atoms with Crippen molar-refractivity contribution < 1.29 is 14.6 Å². The van der Waals surface area contributed by atoms with Crippen LogP contribution in [0.2, 0.25) is 0 Å². The lowest BCUT2D eigenvalue weighted by Crippen LogP contribution is -2.31. The SMILES string of the molecule is COc1ccccc1CNC(CCC(=O)O)Cc1ccccc1. The molecule has 0 saturated carbocycles. The van der Waals surface area contributed by atoms with E-state index in [1.54, 1.807) is 7.11 Å². The van der Waals surface area contributed by atoms with E-state index in [0.29, 0.717) is 13.0 Å². The van der Waals surface area contributed by atoms with Crippen molar-refractivity contribution in [2.75, 3.05) is 7.11 Å². The topological polar surface area (TPSA) is 58.6 Å². The number of hydrogen-bond acceptors (Lipinski definition) is 3. The van der Waals surface area contributed by atoms with Gasteiger partial charge in [-0.15, -0.1) is 0 Å². The fraction of sp³-hybridized carbons (Fsp3) is 0.316. The maximum Gasteiger partial charge on any atom is 0.303 e. The minimum atomic E-state index is -0.762. The molecule has 0 heterocycles.